The van der Waals surface area contributed by atoms with Crippen molar-refractivity contribution in [3.63, 3.8) is 0 Å². The Morgan fingerprint density at radius 1 is 1.04 bits per heavy atom. The molecule has 23 heavy (non-hydrogen) atoms. The lowest BCUT2D eigenvalue weighted by Gasteiger charge is -1.96. The highest BCUT2D eigenvalue weighted by atomic mass is 35.5. The molecule has 0 amide bonds. The minimum Gasteiger partial charge on any atom is -0.420 e. The number of rotatable bonds is 4. The van der Waals surface area contributed by atoms with Crippen molar-refractivity contribution in [1.82, 2.24) is 20.2 Å². The van der Waals surface area contributed by atoms with Crippen molar-refractivity contribution in [3.05, 3.63) is 59.4 Å². The fourth-order valence-corrected chi connectivity index (χ4v) is 3.12. The van der Waals surface area contributed by atoms with E-state index in [0.29, 0.717) is 22.6 Å². The number of hydrogen-bond acceptors (Lipinski definition) is 5. The number of benzene rings is 2. The van der Waals surface area contributed by atoms with Crippen molar-refractivity contribution in [1.29, 1.82) is 0 Å². The number of hydrogen-bond donors (Lipinski definition) is 1. The van der Waals surface area contributed by atoms with E-state index in [2.05, 4.69) is 20.2 Å². The largest absolute Gasteiger partial charge is 0.420 e. The second-order valence-electron chi connectivity index (χ2n) is 4.83. The molecule has 0 aliphatic heterocycles. The lowest BCUT2D eigenvalue weighted by Crippen LogP contribution is -1.81. The standard InChI is InChI=1S/C16H11ClN4OS/c17-11-6-2-1-5-10(11)15-21-20-14(22-15)9-23-16-18-12-7-3-4-8-13(12)19-16/h1-8H,9H2,(H,18,19). The van der Waals surface area contributed by atoms with Crippen molar-refractivity contribution in [3.8, 4) is 11.5 Å². The van der Waals surface area contributed by atoms with E-state index >= 15 is 0 Å². The summed E-state index contributed by atoms with van der Waals surface area (Å²) < 4.78 is 5.68. The van der Waals surface area contributed by atoms with Crippen LogP contribution < -0.4 is 0 Å². The molecule has 4 aromatic rings. The van der Waals surface area contributed by atoms with Crippen LogP contribution in [0.15, 0.2) is 58.1 Å². The summed E-state index contributed by atoms with van der Waals surface area (Å²) in [5.41, 5.74) is 2.69. The molecule has 0 spiro atoms. The average Bonchev–Trinajstić information content (AvgIpc) is 3.19. The number of fused-ring (bicyclic) bond motifs is 1. The monoisotopic (exact) mass is 342 g/mol. The molecular formula is C16H11ClN4OS. The van der Waals surface area contributed by atoms with Gasteiger partial charge in [-0.15, -0.1) is 10.2 Å². The van der Waals surface area contributed by atoms with Gasteiger partial charge in [0, 0.05) is 0 Å². The second kappa shape index (κ2) is 6.06. The summed E-state index contributed by atoms with van der Waals surface area (Å²) in [6.45, 7) is 0. The highest BCUT2D eigenvalue weighted by molar-refractivity contribution is 7.98. The van der Waals surface area contributed by atoms with E-state index in [1.165, 1.54) is 11.8 Å². The summed E-state index contributed by atoms with van der Waals surface area (Å²) in [4.78, 5) is 7.76. The molecule has 4 rings (SSSR count). The van der Waals surface area contributed by atoms with Gasteiger partial charge in [0.15, 0.2) is 5.16 Å². The van der Waals surface area contributed by atoms with Crippen molar-refractivity contribution in [2.24, 2.45) is 0 Å². The molecule has 2 aromatic heterocycles. The molecule has 0 aliphatic rings. The molecule has 0 aliphatic carbocycles. The van der Waals surface area contributed by atoms with Gasteiger partial charge in [-0.1, -0.05) is 47.6 Å². The number of nitrogens with zero attached hydrogens (tertiary/aromatic N) is 3. The van der Waals surface area contributed by atoms with Crippen molar-refractivity contribution < 1.29 is 4.42 Å². The Bertz CT molecular complexity index is 932. The highest BCUT2D eigenvalue weighted by Gasteiger charge is 2.12. The fraction of sp³-hybridized carbons (Fsp3) is 0.0625. The molecular weight excluding hydrogens is 332 g/mol. The maximum atomic E-state index is 6.14. The van der Waals surface area contributed by atoms with Gasteiger partial charge in [-0.05, 0) is 24.3 Å². The minimum atomic E-state index is 0.427. The number of para-hydroxylation sites is 2. The van der Waals surface area contributed by atoms with E-state index < -0.39 is 0 Å². The van der Waals surface area contributed by atoms with Gasteiger partial charge in [-0.2, -0.15) is 0 Å². The first-order valence-corrected chi connectivity index (χ1v) is 8.31. The van der Waals surface area contributed by atoms with Gasteiger partial charge in [0.25, 0.3) is 0 Å². The maximum absolute atomic E-state index is 6.14. The Morgan fingerprint density at radius 3 is 2.74 bits per heavy atom. The number of H-pyrrole nitrogens is 1. The first-order chi connectivity index (χ1) is 11.3. The summed E-state index contributed by atoms with van der Waals surface area (Å²) >= 11 is 7.65. The van der Waals surface area contributed by atoms with Crippen LogP contribution in [0.25, 0.3) is 22.5 Å². The van der Waals surface area contributed by atoms with Crippen molar-refractivity contribution >= 4 is 34.4 Å². The summed E-state index contributed by atoms with van der Waals surface area (Å²) in [5, 5.41) is 9.54. The minimum absolute atomic E-state index is 0.427. The third-order valence-electron chi connectivity index (χ3n) is 3.27. The molecule has 7 heteroatoms. The normalized spacial score (nSPS) is 11.2. The molecule has 5 nitrogen and oxygen atoms in total. The lowest BCUT2D eigenvalue weighted by molar-refractivity contribution is 0.528. The molecule has 0 radical (unpaired) electrons. The molecule has 2 aromatic carbocycles. The zero-order chi connectivity index (χ0) is 15.6. The molecule has 0 atom stereocenters. The zero-order valence-electron chi connectivity index (χ0n) is 11.9. The molecule has 1 N–H and O–H groups in total. The van der Waals surface area contributed by atoms with Crippen LogP contribution in [0.4, 0.5) is 0 Å². The summed E-state index contributed by atoms with van der Waals surface area (Å²) in [7, 11) is 0. The molecule has 114 valence electrons. The first kappa shape index (κ1) is 14.3. The van der Waals surface area contributed by atoms with Gasteiger partial charge >= 0.3 is 0 Å². The van der Waals surface area contributed by atoms with Crippen LogP contribution in [-0.4, -0.2) is 20.2 Å². The molecule has 2 heterocycles. The van der Waals surface area contributed by atoms with Crippen molar-refractivity contribution in [2.45, 2.75) is 10.9 Å². The van der Waals surface area contributed by atoms with Gasteiger partial charge in [0.05, 0.1) is 27.4 Å². The number of halogens is 1. The first-order valence-electron chi connectivity index (χ1n) is 6.94. The number of imidazole rings is 1. The summed E-state index contributed by atoms with van der Waals surface area (Å²) in [5.74, 6) is 1.50. The number of aromatic amines is 1. The fourth-order valence-electron chi connectivity index (χ4n) is 2.18. The third kappa shape index (κ3) is 2.95. The summed E-state index contributed by atoms with van der Waals surface area (Å²) in [6, 6.07) is 15.3. The second-order valence-corrected chi connectivity index (χ2v) is 6.20. The van der Waals surface area contributed by atoms with Gasteiger partial charge in [0.2, 0.25) is 11.8 Å². The molecule has 0 fully saturated rings. The third-order valence-corrected chi connectivity index (χ3v) is 4.46. The average molecular weight is 343 g/mol. The van der Waals surface area contributed by atoms with Crippen LogP contribution in [0.3, 0.4) is 0 Å². The Morgan fingerprint density at radius 2 is 1.87 bits per heavy atom. The topological polar surface area (TPSA) is 67.6 Å². The van der Waals surface area contributed by atoms with E-state index in [1.807, 2.05) is 42.5 Å². The van der Waals surface area contributed by atoms with E-state index in [4.69, 9.17) is 16.0 Å². The van der Waals surface area contributed by atoms with Crippen LogP contribution >= 0.6 is 23.4 Å². The Balaban J connectivity index is 1.51. The Kier molecular flexibility index (Phi) is 3.77. The van der Waals surface area contributed by atoms with E-state index in [-0.39, 0.29) is 0 Å². The van der Waals surface area contributed by atoms with E-state index in [9.17, 15) is 0 Å². The highest BCUT2D eigenvalue weighted by Crippen LogP contribution is 2.28. The number of thioether (sulfide) groups is 1. The Labute approximate surface area is 141 Å². The molecule has 0 bridgehead atoms. The lowest BCUT2D eigenvalue weighted by atomic mass is 10.2. The van der Waals surface area contributed by atoms with Gasteiger partial charge < -0.3 is 9.40 Å². The quantitative estimate of drug-likeness (QED) is 0.551. The van der Waals surface area contributed by atoms with E-state index in [1.54, 1.807) is 6.07 Å². The van der Waals surface area contributed by atoms with E-state index in [0.717, 1.165) is 21.8 Å². The predicted molar refractivity (Wildman–Crippen MR) is 90.4 cm³/mol. The smallest absolute Gasteiger partial charge is 0.249 e. The Hall–Kier alpha value is -2.31. The summed E-state index contributed by atoms with van der Waals surface area (Å²) in [6.07, 6.45) is 0. The molecule has 0 saturated heterocycles. The van der Waals surface area contributed by atoms with Gasteiger partial charge in [-0.25, -0.2) is 4.98 Å². The molecule has 0 saturated carbocycles. The van der Waals surface area contributed by atoms with Crippen LogP contribution in [0.2, 0.25) is 5.02 Å². The number of nitrogens with one attached hydrogen (secondary N) is 1. The zero-order valence-corrected chi connectivity index (χ0v) is 13.4. The number of aromatic nitrogens is 4. The molecule has 0 unspecified atom stereocenters. The van der Waals surface area contributed by atoms with Crippen LogP contribution in [0.5, 0.6) is 0 Å². The van der Waals surface area contributed by atoms with Gasteiger partial charge in [-0.3, -0.25) is 0 Å². The maximum Gasteiger partial charge on any atom is 0.249 e. The predicted octanol–water partition coefficient (Wildman–Crippen LogP) is 4.56. The van der Waals surface area contributed by atoms with Crippen LogP contribution in [-0.2, 0) is 5.75 Å². The van der Waals surface area contributed by atoms with Crippen LogP contribution in [0.1, 0.15) is 5.89 Å². The van der Waals surface area contributed by atoms with Gasteiger partial charge in [0.1, 0.15) is 0 Å². The van der Waals surface area contributed by atoms with Crippen molar-refractivity contribution in [2.75, 3.05) is 0 Å². The van der Waals surface area contributed by atoms with Crippen LogP contribution in [0, 0.1) is 0 Å². The SMILES string of the molecule is Clc1ccccc1-c1nnc(CSc2nc3ccccc3[nH]2)o1.